The van der Waals surface area contributed by atoms with Gasteiger partial charge in [0.15, 0.2) is 0 Å². The van der Waals surface area contributed by atoms with Crippen LogP contribution in [0, 0.1) is 10.5 Å². The van der Waals surface area contributed by atoms with Gasteiger partial charge < -0.3 is 5.32 Å². The van der Waals surface area contributed by atoms with Gasteiger partial charge in [-0.1, -0.05) is 30.3 Å². The lowest BCUT2D eigenvalue weighted by atomic mass is 10.0. The molecule has 0 aromatic heterocycles. The van der Waals surface area contributed by atoms with Gasteiger partial charge in [0.1, 0.15) is 0 Å². The van der Waals surface area contributed by atoms with E-state index in [1.165, 1.54) is 11.1 Å². The summed E-state index contributed by atoms with van der Waals surface area (Å²) in [7, 11) is 0. The number of amides is 1. The summed E-state index contributed by atoms with van der Waals surface area (Å²) in [5, 5.41) is 3.19. The molecule has 126 valence electrons. The van der Waals surface area contributed by atoms with E-state index in [1.54, 1.807) is 0 Å². The molecule has 0 bridgehead atoms. The van der Waals surface area contributed by atoms with Gasteiger partial charge in [0.05, 0.1) is 0 Å². The van der Waals surface area contributed by atoms with Gasteiger partial charge in [0.25, 0.3) is 5.91 Å². The van der Waals surface area contributed by atoms with E-state index in [0.717, 1.165) is 41.6 Å². The summed E-state index contributed by atoms with van der Waals surface area (Å²) >= 11 is 2.24. The molecule has 0 spiro atoms. The quantitative estimate of drug-likeness (QED) is 0.739. The number of piperidine rings is 1. The van der Waals surface area contributed by atoms with E-state index in [0.29, 0.717) is 0 Å². The molecule has 1 fully saturated rings. The maximum Gasteiger partial charge on any atom is 0.251 e. The van der Waals surface area contributed by atoms with Gasteiger partial charge >= 0.3 is 0 Å². The Hall–Kier alpha value is -1.40. The molecule has 1 saturated heterocycles. The van der Waals surface area contributed by atoms with Gasteiger partial charge in [0.2, 0.25) is 0 Å². The van der Waals surface area contributed by atoms with Crippen LogP contribution in [-0.4, -0.2) is 29.9 Å². The highest BCUT2D eigenvalue weighted by molar-refractivity contribution is 14.1. The number of halogens is 1. The average molecular weight is 434 g/mol. The summed E-state index contributed by atoms with van der Waals surface area (Å²) in [6, 6.07) is 16.6. The smallest absolute Gasteiger partial charge is 0.251 e. The molecule has 2 aromatic rings. The molecule has 0 radical (unpaired) electrons. The molecular weight excluding hydrogens is 411 g/mol. The highest BCUT2D eigenvalue weighted by Gasteiger charge is 2.21. The van der Waals surface area contributed by atoms with Crippen molar-refractivity contribution in [3.63, 3.8) is 0 Å². The zero-order valence-corrected chi connectivity index (χ0v) is 16.1. The van der Waals surface area contributed by atoms with Crippen LogP contribution in [0.5, 0.6) is 0 Å². The summed E-state index contributed by atoms with van der Waals surface area (Å²) in [6.45, 7) is 5.24. The van der Waals surface area contributed by atoms with Crippen LogP contribution in [0.15, 0.2) is 48.5 Å². The summed E-state index contributed by atoms with van der Waals surface area (Å²) in [5.74, 6) is 0.0471. The number of hydrogen-bond acceptors (Lipinski definition) is 2. The maximum absolute atomic E-state index is 12.4. The minimum atomic E-state index is 0.0471. The predicted molar refractivity (Wildman–Crippen MR) is 106 cm³/mol. The number of nitrogens with one attached hydrogen (secondary N) is 1. The molecule has 1 heterocycles. The third-order valence-corrected chi connectivity index (χ3v) is 5.34. The normalized spacial score (nSPS) is 16.1. The van der Waals surface area contributed by atoms with Crippen LogP contribution in [0.4, 0.5) is 0 Å². The Labute approximate surface area is 157 Å². The minimum absolute atomic E-state index is 0.0471. The number of carbonyl (C=O) groups excluding carboxylic acids is 1. The molecule has 1 amide bonds. The first-order valence-corrected chi connectivity index (χ1v) is 9.53. The molecule has 1 N–H and O–H groups in total. The highest BCUT2D eigenvalue weighted by Crippen LogP contribution is 2.17. The fraction of sp³-hybridized carbons (Fsp3) is 0.350. The van der Waals surface area contributed by atoms with Crippen LogP contribution >= 0.6 is 22.6 Å². The first-order valence-electron chi connectivity index (χ1n) is 8.45. The lowest BCUT2D eigenvalue weighted by molar-refractivity contribution is 0.0909. The van der Waals surface area contributed by atoms with E-state index in [4.69, 9.17) is 0 Å². The van der Waals surface area contributed by atoms with E-state index in [9.17, 15) is 4.79 Å². The monoisotopic (exact) mass is 434 g/mol. The van der Waals surface area contributed by atoms with Crippen molar-refractivity contribution in [1.29, 1.82) is 0 Å². The first kappa shape index (κ1) is 17.4. The average Bonchev–Trinajstić information content (AvgIpc) is 2.58. The van der Waals surface area contributed by atoms with Crippen LogP contribution in [0.3, 0.4) is 0 Å². The van der Waals surface area contributed by atoms with Crippen molar-refractivity contribution in [2.75, 3.05) is 13.1 Å². The maximum atomic E-state index is 12.4. The van der Waals surface area contributed by atoms with Gasteiger partial charge in [-0.05, 0) is 71.7 Å². The molecule has 1 aliphatic rings. The van der Waals surface area contributed by atoms with Crippen molar-refractivity contribution in [2.45, 2.75) is 32.4 Å². The second-order valence-corrected chi connectivity index (χ2v) is 7.71. The minimum Gasteiger partial charge on any atom is -0.349 e. The van der Waals surface area contributed by atoms with E-state index in [2.05, 4.69) is 64.0 Å². The fourth-order valence-electron chi connectivity index (χ4n) is 3.16. The zero-order valence-electron chi connectivity index (χ0n) is 14.0. The molecular formula is C20H23IN2O. The third-order valence-electron chi connectivity index (χ3n) is 4.66. The van der Waals surface area contributed by atoms with Crippen LogP contribution in [0.1, 0.15) is 34.3 Å². The Morgan fingerprint density at radius 2 is 1.92 bits per heavy atom. The topological polar surface area (TPSA) is 32.3 Å². The van der Waals surface area contributed by atoms with E-state index in [-0.39, 0.29) is 11.9 Å². The van der Waals surface area contributed by atoms with Crippen LogP contribution in [0.25, 0.3) is 0 Å². The molecule has 4 heteroatoms. The Bertz CT molecular complexity index is 708. The first-order chi connectivity index (χ1) is 11.6. The summed E-state index contributed by atoms with van der Waals surface area (Å²) in [5.41, 5.74) is 3.51. The van der Waals surface area contributed by atoms with Crippen LogP contribution in [-0.2, 0) is 6.54 Å². The lowest BCUT2D eigenvalue weighted by Crippen LogP contribution is -2.44. The largest absolute Gasteiger partial charge is 0.349 e. The Kier molecular flexibility index (Phi) is 5.89. The van der Waals surface area contributed by atoms with Gasteiger partial charge in [-0.2, -0.15) is 0 Å². The molecule has 1 aliphatic heterocycles. The summed E-state index contributed by atoms with van der Waals surface area (Å²) < 4.78 is 1.09. The van der Waals surface area contributed by atoms with Gasteiger partial charge in [-0.25, -0.2) is 0 Å². The SMILES string of the molecule is Cc1ccccc1CN1CCC(NC(=O)c2cccc(I)c2)CC1. The fourth-order valence-corrected chi connectivity index (χ4v) is 3.71. The van der Waals surface area contributed by atoms with E-state index in [1.807, 2.05) is 24.3 Å². The molecule has 3 rings (SSSR count). The number of likely N-dealkylation sites (tertiary alicyclic amines) is 1. The number of aryl methyl sites for hydroxylation is 1. The molecule has 0 unspecified atom stereocenters. The Morgan fingerprint density at radius 1 is 1.17 bits per heavy atom. The molecule has 0 saturated carbocycles. The number of nitrogens with zero attached hydrogens (tertiary/aromatic N) is 1. The Morgan fingerprint density at radius 3 is 2.62 bits per heavy atom. The number of benzene rings is 2. The predicted octanol–water partition coefficient (Wildman–Crippen LogP) is 3.99. The zero-order chi connectivity index (χ0) is 16.9. The Balaban J connectivity index is 1.50. The second kappa shape index (κ2) is 8.12. The standard InChI is InChI=1S/C20H23IN2O/c1-15-5-2-3-6-17(15)14-23-11-9-19(10-12-23)22-20(24)16-7-4-8-18(21)13-16/h2-8,13,19H,9-12,14H2,1H3,(H,22,24). The van der Waals surface area contributed by atoms with Gasteiger partial charge in [0, 0.05) is 34.8 Å². The van der Waals surface area contributed by atoms with Gasteiger partial charge in [-0.15, -0.1) is 0 Å². The summed E-state index contributed by atoms with van der Waals surface area (Å²) in [4.78, 5) is 14.8. The van der Waals surface area contributed by atoms with Gasteiger partial charge in [-0.3, -0.25) is 9.69 Å². The second-order valence-electron chi connectivity index (χ2n) is 6.46. The molecule has 3 nitrogen and oxygen atoms in total. The summed E-state index contributed by atoms with van der Waals surface area (Å²) in [6.07, 6.45) is 2.03. The lowest BCUT2D eigenvalue weighted by Gasteiger charge is -2.32. The number of hydrogen-bond donors (Lipinski definition) is 1. The number of rotatable bonds is 4. The van der Waals surface area contributed by atoms with Crippen molar-refractivity contribution in [3.05, 3.63) is 68.8 Å². The van der Waals surface area contributed by atoms with Crippen molar-refractivity contribution >= 4 is 28.5 Å². The highest BCUT2D eigenvalue weighted by atomic mass is 127. The molecule has 24 heavy (non-hydrogen) atoms. The van der Waals surface area contributed by atoms with Crippen LogP contribution < -0.4 is 5.32 Å². The van der Waals surface area contributed by atoms with Crippen molar-refractivity contribution in [2.24, 2.45) is 0 Å². The van der Waals surface area contributed by atoms with Crippen molar-refractivity contribution in [3.8, 4) is 0 Å². The van der Waals surface area contributed by atoms with E-state index < -0.39 is 0 Å². The number of carbonyl (C=O) groups is 1. The van der Waals surface area contributed by atoms with E-state index >= 15 is 0 Å². The van der Waals surface area contributed by atoms with Crippen molar-refractivity contribution in [1.82, 2.24) is 10.2 Å². The third kappa shape index (κ3) is 4.57. The molecule has 0 aliphatic carbocycles. The molecule has 2 aromatic carbocycles. The molecule has 0 atom stereocenters. The van der Waals surface area contributed by atoms with Crippen molar-refractivity contribution < 1.29 is 4.79 Å². The van der Waals surface area contributed by atoms with Crippen LogP contribution in [0.2, 0.25) is 0 Å².